The summed E-state index contributed by atoms with van der Waals surface area (Å²) < 4.78 is 40.0. The van der Waals surface area contributed by atoms with Crippen LogP contribution in [-0.4, -0.2) is 4.98 Å². The molecule has 0 N–H and O–H groups in total. The normalized spacial score (nSPS) is 11.5. The molecule has 0 bridgehead atoms. The molecule has 2 rings (SSSR count). The van der Waals surface area contributed by atoms with E-state index in [0.717, 1.165) is 0 Å². The lowest BCUT2D eigenvalue weighted by Crippen LogP contribution is -1.98. The molecular weight excluding hydrogens is 251 g/mol. The first-order valence-electron chi connectivity index (χ1n) is 5.05. The minimum Gasteiger partial charge on any atom is -0.233 e. The van der Waals surface area contributed by atoms with Gasteiger partial charge in [0.15, 0.2) is 17.5 Å². The second-order valence-electron chi connectivity index (χ2n) is 4.07. The summed E-state index contributed by atoms with van der Waals surface area (Å²) in [5, 5.41) is -0.0759. The standard InChI is InChI=1S/C12H9ClF3N/c1-5(2)6-3-7-10(16)8(14)4-9(15)11(7)17-12(6)13/h3-5H,1-2H3. The topological polar surface area (TPSA) is 12.9 Å². The summed E-state index contributed by atoms with van der Waals surface area (Å²) in [6.07, 6.45) is 0. The molecule has 0 saturated carbocycles. The molecule has 5 heteroatoms. The third-order valence-electron chi connectivity index (χ3n) is 2.55. The van der Waals surface area contributed by atoms with E-state index < -0.39 is 17.5 Å². The van der Waals surface area contributed by atoms with Gasteiger partial charge in [0.05, 0.1) is 0 Å². The van der Waals surface area contributed by atoms with E-state index >= 15 is 0 Å². The molecule has 0 fully saturated rings. The molecule has 17 heavy (non-hydrogen) atoms. The van der Waals surface area contributed by atoms with E-state index in [1.807, 2.05) is 13.8 Å². The smallest absolute Gasteiger partial charge is 0.168 e. The summed E-state index contributed by atoms with van der Waals surface area (Å²) in [5.41, 5.74) is 0.307. The number of rotatable bonds is 1. The highest BCUT2D eigenvalue weighted by Crippen LogP contribution is 2.30. The summed E-state index contributed by atoms with van der Waals surface area (Å²) in [6.45, 7) is 3.67. The van der Waals surface area contributed by atoms with Gasteiger partial charge in [-0.2, -0.15) is 0 Å². The fraction of sp³-hybridized carbons (Fsp3) is 0.250. The van der Waals surface area contributed by atoms with Gasteiger partial charge in [0, 0.05) is 11.5 Å². The number of hydrogen-bond donors (Lipinski definition) is 0. The predicted molar refractivity (Wildman–Crippen MR) is 60.7 cm³/mol. The maximum Gasteiger partial charge on any atom is 0.168 e. The molecule has 0 aliphatic rings. The zero-order valence-corrected chi connectivity index (χ0v) is 9.95. The van der Waals surface area contributed by atoms with E-state index in [1.165, 1.54) is 6.07 Å². The molecule has 1 aromatic carbocycles. The van der Waals surface area contributed by atoms with Crippen molar-refractivity contribution in [2.24, 2.45) is 0 Å². The van der Waals surface area contributed by atoms with Crippen LogP contribution in [0.1, 0.15) is 25.3 Å². The van der Waals surface area contributed by atoms with Gasteiger partial charge in [-0.25, -0.2) is 18.2 Å². The molecule has 1 nitrogen and oxygen atoms in total. The predicted octanol–water partition coefficient (Wildman–Crippen LogP) is 4.43. The van der Waals surface area contributed by atoms with E-state index in [2.05, 4.69) is 4.98 Å². The average molecular weight is 260 g/mol. The summed E-state index contributed by atoms with van der Waals surface area (Å²) in [7, 11) is 0. The van der Waals surface area contributed by atoms with Crippen molar-refractivity contribution in [1.29, 1.82) is 0 Å². The van der Waals surface area contributed by atoms with E-state index in [1.54, 1.807) is 0 Å². The van der Waals surface area contributed by atoms with E-state index in [-0.39, 0.29) is 22.0 Å². The molecule has 2 aromatic rings. The molecule has 1 aromatic heterocycles. The monoisotopic (exact) mass is 259 g/mol. The van der Waals surface area contributed by atoms with Crippen LogP contribution in [0.25, 0.3) is 10.9 Å². The highest BCUT2D eigenvalue weighted by molar-refractivity contribution is 6.30. The van der Waals surface area contributed by atoms with Crippen LogP contribution in [0.5, 0.6) is 0 Å². The summed E-state index contributed by atoms with van der Waals surface area (Å²) in [4.78, 5) is 3.78. The van der Waals surface area contributed by atoms with E-state index in [0.29, 0.717) is 11.6 Å². The van der Waals surface area contributed by atoms with Gasteiger partial charge in [-0.15, -0.1) is 0 Å². The Balaban J connectivity index is 2.88. The van der Waals surface area contributed by atoms with Gasteiger partial charge in [-0.05, 0) is 17.5 Å². The first-order valence-corrected chi connectivity index (χ1v) is 5.43. The van der Waals surface area contributed by atoms with Crippen molar-refractivity contribution in [3.05, 3.63) is 40.3 Å². The van der Waals surface area contributed by atoms with Crippen molar-refractivity contribution < 1.29 is 13.2 Å². The van der Waals surface area contributed by atoms with Crippen LogP contribution < -0.4 is 0 Å². The number of hydrogen-bond acceptors (Lipinski definition) is 1. The minimum absolute atomic E-state index is 0.00914. The lowest BCUT2D eigenvalue weighted by Gasteiger charge is -2.10. The Labute approximate surface area is 101 Å². The summed E-state index contributed by atoms with van der Waals surface area (Å²) in [6, 6.07) is 1.81. The maximum absolute atomic E-state index is 13.5. The van der Waals surface area contributed by atoms with Gasteiger partial charge in [0.25, 0.3) is 0 Å². The second-order valence-corrected chi connectivity index (χ2v) is 4.43. The van der Waals surface area contributed by atoms with Crippen molar-refractivity contribution in [1.82, 2.24) is 4.98 Å². The van der Waals surface area contributed by atoms with Gasteiger partial charge >= 0.3 is 0 Å². The van der Waals surface area contributed by atoms with Crippen molar-refractivity contribution >= 4 is 22.5 Å². The Kier molecular flexibility index (Phi) is 3.00. The lowest BCUT2D eigenvalue weighted by molar-refractivity contribution is 0.505. The largest absolute Gasteiger partial charge is 0.233 e. The lowest BCUT2D eigenvalue weighted by atomic mass is 10.0. The third-order valence-corrected chi connectivity index (χ3v) is 2.85. The average Bonchev–Trinajstić information content (AvgIpc) is 2.25. The fourth-order valence-corrected chi connectivity index (χ4v) is 1.99. The van der Waals surface area contributed by atoms with Crippen LogP contribution in [-0.2, 0) is 0 Å². The molecule has 0 spiro atoms. The van der Waals surface area contributed by atoms with Crippen molar-refractivity contribution in [3.8, 4) is 0 Å². The van der Waals surface area contributed by atoms with Crippen LogP contribution in [0, 0.1) is 17.5 Å². The zero-order valence-electron chi connectivity index (χ0n) is 9.19. The molecule has 1 heterocycles. The first kappa shape index (κ1) is 12.2. The third kappa shape index (κ3) is 1.97. The molecule has 0 unspecified atom stereocenters. The van der Waals surface area contributed by atoms with Crippen molar-refractivity contribution in [3.63, 3.8) is 0 Å². The molecule has 0 atom stereocenters. The van der Waals surface area contributed by atoms with Gasteiger partial charge in [-0.1, -0.05) is 25.4 Å². The van der Waals surface area contributed by atoms with Gasteiger partial charge in [0.1, 0.15) is 10.7 Å². The molecule has 90 valence electrons. The highest BCUT2D eigenvalue weighted by atomic mass is 35.5. The Bertz CT molecular complexity index is 596. The Morgan fingerprint density at radius 1 is 1.12 bits per heavy atom. The Morgan fingerprint density at radius 2 is 1.76 bits per heavy atom. The maximum atomic E-state index is 13.5. The molecule has 0 radical (unpaired) electrons. The molecular formula is C12H9ClF3N. The van der Waals surface area contributed by atoms with Crippen molar-refractivity contribution in [2.75, 3.05) is 0 Å². The zero-order chi connectivity index (χ0) is 12.7. The van der Waals surface area contributed by atoms with Crippen LogP contribution >= 0.6 is 11.6 Å². The fourth-order valence-electron chi connectivity index (χ4n) is 1.63. The molecule has 0 aliphatic carbocycles. The SMILES string of the molecule is CC(C)c1cc2c(F)c(F)cc(F)c2nc1Cl. The van der Waals surface area contributed by atoms with Crippen LogP contribution in [0.2, 0.25) is 5.15 Å². The number of nitrogens with zero attached hydrogens (tertiary/aromatic N) is 1. The quantitative estimate of drug-likeness (QED) is 0.545. The van der Waals surface area contributed by atoms with Gasteiger partial charge in [0.2, 0.25) is 0 Å². The first-order chi connectivity index (χ1) is 7.91. The second kappa shape index (κ2) is 4.18. The molecule has 0 amide bonds. The highest BCUT2D eigenvalue weighted by Gasteiger charge is 2.17. The molecule has 0 aliphatic heterocycles. The number of benzene rings is 1. The van der Waals surface area contributed by atoms with Crippen LogP contribution in [0.3, 0.4) is 0 Å². The van der Waals surface area contributed by atoms with Gasteiger partial charge in [-0.3, -0.25) is 0 Å². The van der Waals surface area contributed by atoms with Crippen molar-refractivity contribution in [2.45, 2.75) is 19.8 Å². The van der Waals surface area contributed by atoms with Gasteiger partial charge < -0.3 is 0 Å². The summed E-state index contributed by atoms with van der Waals surface area (Å²) >= 11 is 5.87. The Morgan fingerprint density at radius 3 is 2.35 bits per heavy atom. The number of pyridine rings is 1. The van der Waals surface area contributed by atoms with Crippen LogP contribution in [0.15, 0.2) is 12.1 Å². The summed E-state index contributed by atoms with van der Waals surface area (Å²) in [5.74, 6) is -3.26. The number of fused-ring (bicyclic) bond motifs is 1. The molecule has 0 saturated heterocycles. The number of aromatic nitrogens is 1. The van der Waals surface area contributed by atoms with E-state index in [4.69, 9.17) is 11.6 Å². The number of halogens is 4. The Hall–Kier alpha value is -1.29. The van der Waals surface area contributed by atoms with E-state index in [9.17, 15) is 13.2 Å². The van der Waals surface area contributed by atoms with Crippen LogP contribution in [0.4, 0.5) is 13.2 Å². The minimum atomic E-state index is -1.23.